The molecule has 0 rings (SSSR count). The molecule has 29 valence electrons. The first-order chi connectivity index (χ1) is 2.27. The zero-order chi connectivity index (χ0) is 4.28. The average molecular weight is 108 g/mol. The molecule has 0 spiro atoms. The minimum Gasteiger partial charge on any atom is -0.370 e. The van der Waals surface area contributed by atoms with Crippen LogP contribution in [0.3, 0.4) is 0 Å². The van der Waals surface area contributed by atoms with Crippen LogP contribution in [0.5, 0.6) is 0 Å². The predicted molar refractivity (Wildman–Crippen MR) is 22.4 cm³/mol. The summed E-state index contributed by atoms with van der Waals surface area (Å²) in [7, 11) is 4.48. The van der Waals surface area contributed by atoms with E-state index in [0.29, 0.717) is 0 Å². The summed E-state index contributed by atoms with van der Waals surface area (Å²) in [5.41, 5.74) is 0. The molecular weight excluding hydrogens is 104 g/mol. The van der Waals surface area contributed by atoms with Gasteiger partial charge < -0.3 is 4.74 Å². The van der Waals surface area contributed by atoms with Gasteiger partial charge in [-0.05, 0) is 0 Å². The smallest absolute Gasteiger partial charge is 0.110 e. The molecule has 0 saturated carbocycles. The van der Waals surface area contributed by atoms with E-state index < -0.39 is 0 Å². The summed E-state index contributed by atoms with van der Waals surface area (Å²) in [6.07, 6.45) is 0. The highest BCUT2D eigenvalue weighted by Crippen LogP contribution is 1.83. The van der Waals surface area contributed by atoms with E-state index in [-0.39, 0.29) is 5.19 Å². The SMILES string of the molecule is COC([Si])Cl. The molecular formula is C2H4ClOSi. The van der Waals surface area contributed by atoms with Gasteiger partial charge in [0, 0.05) is 7.11 Å². The Balaban J connectivity index is 2.54. The number of halogens is 1. The lowest BCUT2D eigenvalue weighted by molar-refractivity contribution is 0.225. The topological polar surface area (TPSA) is 9.23 Å². The van der Waals surface area contributed by atoms with Gasteiger partial charge in [-0.3, -0.25) is 0 Å². The van der Waals surface area contributed by atoms with Crippen molar-refractivity contribution in [2.45, 2.75) is 5.19 Å². The first kappa shape index (κ1) is 5.47. The fourth-order valence-corrected chi connectivity index (χ4v) is 0. The van der Waals surface area contributed by atoms with Crippen LogP contribution in [0.15, 0.2) is 0 Å². The molecule has 5 heavy (non-hydrogen) atoms. The molecule has 0 aromatic heterocycles. The molecule has 0 heterocycles. The summed E-state index contributed by atoms with van der Waals surface area (Å²) in [5.74, 6) is 0. The van der Waals surface area contributed by atoms with E-state index in [1.165, 1.54) is 7.11 Å². The molecule has 3 heteroatoms. The van der Waals surface area contributed by atoms with Crippen LogP contribution in [0.4, 0.5) is 0 Å². The first-order valence-electron chi connectivity index (χ1n) is 1.15. The second kappa shape index (κ2) is 2.69. The zero-order valence-corrected chi connectivity index (χ0v) is 4.62. The molecule has 3 radical (unpaired) electrons. The van der Waals surface area contributed by atoms with Gasteiger partial charge in [0.05, 0.1) is 10.2 Å². The Labute approximate surface area is 39.7 Å². The van der Waals surface area contributed by atoms with E-state index in [0.717, 1.165) is 0 Å². The Hall–Kier alpha value is 0.467. The molecule has 1 atom stereocenters. The fraction of sp³-hybridized carbons (Fsp3) is 1.00. The van der Waals surface area contributed by atoms with Crippen molar-refractivity contribution in [3.8, 4) is 0 Å². The third-order valence-corrected chi connectivity index (χ3v) is 0.621. The quantitative estimate of drug-likeness (QED) is 0.347. The maximum absolute atomic E-state index is 5.15. The van der Waals surface area contributed by atoms with Gasteiger partial charge in [-0.1, -0.05) is 11.6 Å². The van der Waals surface area contributed by atoms with E-state index in [1.807, 2.05) is 0 Å². The van der Waals surface area contributed by atoms with Gasteiger partial charge in [0.15, 0.2) is 0 Å². The predicted octanol–water partition coefficient (Wildman–Crippen LogP) is 0.324. The lowest BCUT2D eigenvalue weighted by atomic mass is 11.5. The number of hydrogen-bond acceptors (Lipinski definition) is 1. The summed E-state index contributed by atoms with van der Waals surface area (Å²) < 4.78 is 4.43. The second-order valence-electron chi connectivity index (χ2n) is 0.552. The number of rotatable bonds is 1. The highest BCUT2D eigenvalue weighted by Gasteiger charge is 1.82. The highest BCUT2D eigenvalue weighted by molar-refractivity contribution is 6.39. The van der Waals surface area contributed by atoms with E-state index in [9.17, 15) is 0 Å². The maximum atomic E-state index is 5.15. The van der Waals surface area contributed by atoms with Gasteiger partial charge in [0.1, 0.15) is 5.19 Å². The van der Waals surface area contributed by atoms with E-state index in [2.05, 4.69) is 15.0 Å². The van der Waals surface area contributed by atoms with Crippen LogP contribution in [-0.2, 0) is 4.74 Å². The van der Waals surface area contributed by atoms with Crippen molar-refractivity contribution < 1.29 is 4.74 Å². The van der Waals surface area contributed by atoms with Crippen LogP contribution in [-0.4, -0.2) is 22.5 Å². The lowest BCUT2D eigenvalue weighted by Crippen LogP contribution is -1.96. The normalized spacial score (nSPS) is 15.0. The van der Waals surface area contributed by atoms with Crippen LogP contribution >= 0.6 is 11.6 Å². The van der Waals surface area contributed by atoms with Gasteiger partial charge in [-0.15, -0.1) is 0 Å². The lowest BCUT2D eigenvalue weighted by Gasteiger charge is -1.91. The molecule has 0 amide bonds. The highest BCUT2D eigenvalue weighted by atomic mass is 35.5. The molecule has 0 aliphatic heterocycles. The largest absolute Gasteiger partial charge is 0.370 e. The van der Waals surface area contributed by atoms with Crippen LogP contribution in [0.1, 0.15) is 0 Å². The minimum absolute atomic E-state index is 0.338. The molecule has 0 aromatic rings. The Morgan fingerprint density at radius 3 is 2.20 bits per heavy atom. The van der Waals surface area contributed by atoms with Crippen LogP contribution in [0.25, 0.3) is 0 Å². The van der Waals surface area contributed by atoms with Gasteiger partial charge in [-0.25, -0.2) is 0 Å². The summed E-state index contributed by atoms with van der Waals surface area (Å²) in [6.45, 7) is 0. The Bertz CT molecular complexity index is 23.6. The molecule has 0 aliphatic rings. The van der Waals surface area contributed by atoms with Crippen molar-refractivity contribution in [2.24, 2.45) is 0 Å². The average Bonchev–Trinajstić information content (AvgIpc) is 1.38. The van der Waals surface area contributed by atoms with Crippen molar-refractivity contribution in [3.05, 3.63) is 0 Å². The molecule has 1 unspecified atom stereocenters. The van der Waals surface area contributed by atoms with E-state index in [1.54, 1.807) is 0 Å². The fourth-order valence-electron chi connectivity index (χ4n) is 0. The monoisotopic (exact) mass is 107 g/mol. The number of ether oxygens (including phenoxy) is 1. The van der Waals surface area contributed by atoms with E-state index >= 15 is 0 Å². The van der Waals surface area contributed by atoms with Gasteiger partial charge in [-0.2, -0.15) is 0 Å². The van der Waals surface area contributed by atoms with Gasteiger partial charge >= 0.3 is 0 Å². The molecule has 1 nitrogen and oxygen atoms in total. The Morgan fingerprint density at radius 1 is 2.00 bits per heavy atom. The van der Waals surface area contributed by atoms with Crippen LogP contribution in [0, 0.1) is 0 Å². The van der Waals surface area contributed by atoms with Gasteiger partial charge in [0.2, 0.25) is 0 Å². The third-order valence-electron chi connectivity index (χ3n) is 0.207. The van der Waals surface area contributed by atoms with Crippen molar-refractivity contribution in [1.29, 1.82) is 0 Å². The van der Waals surface area contributed by atoms with Crippen molar-refractivity contribution in [1.82, 2.24) is 0 Å². The number of methoxy groups -OCH3 is 1. The van der Waals surface area contributed by atoms with E-state index in [4.69, 9.17) is 11.6 Å². The third kappa shape index (κ3) is 4.47. The molecule has 0 fully saturated rings. The van der Waals surface area contributed by atoms with Crippen molar-refractivity contribution in [3.63, 3.8) is 0 Å². The Morgan fingerprint density at radius 2 is 2.20 bits per heavy atom. The number of alkyl halides is 1. The molecule has 0 aliphatic carbocycles. The second-order valence-corrected chi connectivity index (χ2v) is 1.84. The molecule has 0 bridgehead atoms. The zero-order valence-electron chi connectivity index (χ0n) is 2.86. The molecule has 0 saturated heterocycles. The maximum Gasteiger partial charge on any atom is 0.110 e. The summed E-state index contributed by atoms with van der Waals surface area (Å²) in [5, 5.41) is -0.338. The molecule has 0 N–H and O–H groups in total. The van der Waals surface area contributed by atoms with Crippen molar-refractivity contribution >= 4 is 21.8 Å². The number of hydrogen-bond donors (Lipinski definition) is 0. The van der Waals surface area contributed by atoms with Crippen molar-refractivity contribution in [2.75, 3.05) is 7.11 Å². The van der Waals surface area contributed by atoms with Gasteiger partial charge in [0.25, 0.3) is 0 Å². The molecule has 0 aromatic carbocycles. The standard InChI is InChI=1S/C2H4ClOSi/c1-4-2(3)5/h2H,1H3. The van der Waals surface area contributed by atoms with Crippen LogP contribution in [0.2, 0.25) is 0 Å². The summed E-state index contributed by atoms with van der Waals surface area (Å²) in [4.78, 5) is 0. The first-order valence-corrected chi connectivity index (χ1v) is 2.16. The Kier molecular flexibility index (Phi) is 2.94. The van der Waals surface area contributed by atoms with Crippen LogP contribution < -0.4 is 0 Å². The summed E-state index contributed by atoms with van der Waals surface area (Å²) in [6, 6.07) is 0. The minimum atomic E-state index is -0.338. The summed E-state index contributed by atoms with van der Waals surface area (Å²) >= 11 is 5.15.